The highest BCUT2D eigenvalue weighted by molar-refractivity contribution is 7.80. The zero-order valence-electron chi connectivity index (χ0n) is 8.37. The molecule has 1 atom stereocenters. The molecule has 82 valence electrons. The van der Waals surface area contributed by atoms with Crippen molar-refractivity contribution in [3.63, 3.8) is 0 Å². The summed E-state index contributed by atoms with van der Waals surface area (Å²) >= 11 is 4.75. The molecule has 0 heterocycles. The van der Waals surface area contributed by atoms with E-state index in [0.29, 0.717) is 6.61 Å². The highest BCUT2D eigenvalue weighted by Gasteiger charge is 2.11. The lowest BCUT2D eigenvalue weighted by Gasteiger charge is -2.18. The monoisotopic (exact) mass is 228 g/mol. The van der Waals surface area contributed by atoms with Crippen LogP contribution in [0.25, 0.3) is 0 Å². The fourth-order valence-corrected chi connectivity index (χ4v) is 1.40. The van der Waals surface area contributed by atoms with Gasteiger partial charge in [-0.1, -0.05) is 12.1 Å². The second kappa shape index (κ2) is 5.63. The number of ether oxygens (including phenoxy) is 1. The number of methoxy groups -OCH3 is 1. The van der Waals surface area contributed by atoms with Crippen LogP contribution in [0.3, 0.4) is 0 Å². The normalized spacial score (nSPS) is 12.1. The Hall–Kier alpha value is -1.20. The number of hydrogen-bond donors (Lipinski definition) is 2. The summed E-state index contributed by atoms with van der Waals surface area (Å²) < 4.78 is 17.7. The first-order valence-corrected chi connectivity index (χ1v) is 4.84. The van der Waals surface area contributed by atoms with Crippen molar-refractivity contribution in [1.82, 2.24) is 5.32 Å². The Balaban J connectivity index is 2.78. The van der Waals surface area contributed by atoms with Gasteiger partial charge in [0.1, 0.15) is 5.82 Å². The summed E-state index contributed by atoms with van der Waals surface area (Å²) in [6.07, 6.45) is 0. The van der Waals surface area contributed by atoms with Crippen molar-refractivity contribution in [3.05, 3.63) is 35.6 Å². The van der Waals surface area contributed by atoms with E-state index in [1.807, 2.05) is 0 Å². The van der Waals surface area contributed by atoms with Gasteiger partial charge in [-0.15, -0.1) is 0 Å². The van der Waals surface area contributed by atoms with Gasteiger partial charge in [-0.2, -0.15) is 0 Å². The number of nitrogens with one attached hydrogen (secondary N) is 1. The van der Waals surface area contributed by atoms with Crippen LogP contribution in [-0.4, -0.2) is 18.8 Å². The van der Waals surface area contributed by atoms with Crippen molar-refractivity contribution in [2.45, 2.75) is 6.04 Å². The first kappa shape index (κ1) is 11.9. The molecule has 3 N–H and O–H groups in total. The second-order valence-corrected chi connectivity index (χ2v) is 3.51. The molecule has 0 spiro atoms. The Morgan fingerprint density at radius 1 is 1.53 bits per heavy atom. The third-order valence-electron chi connectivity index (χ3n) is 1.92. The highest BCUT2D eigenvalue weighted by Crippen LogP contribution is 2.13. The van der Waals surface area contributed by atoms with Crippen molar-refractivity contribution in [3.8, 4) is 0 Å². The minimum absolute atomic E-state index is 0.145. The van der Waals surface area contributed by atoms with E-state index < -0.39 is 0 Å². The lowest BCUT2D eigenvalue weighted by atomic mass is 10.1. The fourth-order valence-electron chi connectivity index (χ4n) is 1.25. The lowest BCUT2D eigenvalue weighted by Crippen LogP contribution is -2.35. The molecule has 0 amide bonds. The summed E-state index contributed by atoms with van der Waals surface area (Å²) in [6, 6.07) is 5.97. The van der Waals surface area contributed by atoms with E-state index in [-0.39, 0.29) is 17.0 Å². The van der Waals surface area contributed by atoms with E-state index in [1.165, 1.54) is 12.1 Å². The molecule has 0 aromatic heterocycles. The van der Waals surface area contributed by atoms with Crippen LogP contribution in [0.4, 0.5) is 4.39 Å². The van der Waals surface area contributed by atoms with Gasteiger partial charge >= 0.3 is 0 Å². The zero-order chi connectivity index (χ0) is 11.3. The predicted molar refractivity (Wildman–Crippen MR) is 60.9 cm³/mol. The Morgan fingerprint density at radius 2 is 2.13 bits per heavy atom. The Morgan fingerprint density at radius 3 is 2.60 bits per heavy atom. The molecule has 0 unspecified atom stereocenters. The molecule has 1 rings (SSSR count). The maximum atomic E-state index is 12.7. The molecule has 0 aliphatic rings. The molecule has 5 heteroatoms. The van der Waals surface area contributed by atoms with E-state index in [0.717, 1.165) is 5.56 Å². The fraction of sp³-hybridized carbons (Fsp3) is 0.300. The summed E-state index contributed by atoms with van der Waals surface area (Å²) in [5.74, 6) is -0.273. The zero-order valence-corrected chi connectivity index (χ0v) is 9.18. The minimum atomic E-state index is -0.273. The molecule has 0 fully saturated rings. The van der Waals surface area contributed by atoms with Crippen LogP contribution in [0.1, 0.15) is 11.6 Å². The lowest BCUT2D eigenvalue weighted by molar-refractivity contribution is 0.174. The molecular formula is C10H13FN2OS. The summed E-state index contributed by atoms with van der Waals surface area (Å²) in [5.41, 5.74) is 6.26. The van der Waals surface area contributed by atoms with Crippen molar-refractivity contribution >= 4 is 17.3 Å². The maximum Gasteiger partial charge on any atom is 0.164 e. The standard InChI is InChI=1S/C10H13FN2OS/c1-14-6-9(13-10(12)15)7-2-4-8(11)5-3-7/h2-5,9H,6H2,1H3,(H3,12,13,15)/t9-/m0/s1. The molecule has 3 nitrogen and oxygen atoms in total. The summed E-state index contributed by atoms with van der Waals surface area (Å²) in [6.45, 7) is 0.420. The van der Waals surface area contributed by atoms with Gasteiger partial charge in [0.15, 0.2) is 5.11 Å². The van der Waals surface area contributed by atoms with E-state index in [1.54, 1.807) is 19.2 Å². The molecule has 0 saturated heterocycles. The van der Waals surface area contributed by atoms with Crippen LogP contribution in [0.15, 0.2) is 24.3 Å². The van der Waals surface area contributed by atoms with Gasteiger partial charge in [0, 0.05) is 7.11 Å². The number of halogens is 1. The van der Waals surface area contributed by atoms with E-state index >= 15 is 0 Å². The minimum Gasteiger partial charge on any atom is -0.382 e. The van der Waals surface area contributed by atoms with Gasteiger partial charge in [-0.3, -0.25) is 0 Å². The third-order valence-corrected chi connectivity index (χ3v) is 2.04. The molecule has 0 bridgehead atoms. The molecule has 0 aliphatic carbocycles. The SMILES string of the molecule is COC[C@H](NC(N)=S)c1ccc(F)cc1. The van der Waals surface area contributed by atoms with Crippen LogP contribution < -0.4 is 11.1 Å². The van der Waals surface area contributed by atoms with Crippen molar-refractivity contribution < 1.29 is 9.13 Å². The van der Waals surface area contributed by atoms with Gasteiger partial charge in [-0.05, 0) is 29.9 Å². The van der Waals surface area contributed by atoms with Gasteiger partial charge in [0.05, 0.1) is 12.6 Å². The molecular weight excluding hydrogens is 215 g/mol. The predicted octanol–water partition coefficient (Wildman–Crippen LogP) is 1.35. The van der Waals surface area contributed by atoms with Crippen molar-refractivity contribution in [1.29, 1.82) is 0 Å². The first-order valence-electron chi connectivity index (χ1n) is 4.44. The molecule has 0 aliphatic heterocycles. The Kier molecular flexibility index (Phi) is 4.45. The summed E-state index contributed by atoms with van der Waals surface area (Å²) in [7, 11) is 1.58. The number of benzene rings is 1. The number of rotatable bonds is 4. The van der Waals surface area contributed by atoms with E-state index in [2.05, 4.69) is 5.32 Å². The third kappa shape index (κ3) is 3.81. The smallest absolute Gasteiger partial charge is 0.164 e. The summed E-state index contributed by atoms with van der Waals surface area (Å²) in [4.78, 5) is 0. The topological polar surface area (TPSA) is 47.3 Å². The van der Waals surface area contributed by atoms with Gasteiger partial charge in [0.25, 0.3) is 0 Å². The number of nitrogens with two attached hydrogens (primary N) is 1. The van der Waals surface area contributed by atoms with Crippen LogP contribution in [0.5, 0.6) is 0 Å². The highest BCUT2D eigenvalue weighted by atomic mass is 32.1. The molecule has 0 radical (unpaired) electrons. The van der Waals surface area contributed by atoms with Gasteiger partial charge in [0.2, 0.25) is 0 Å². The average molecular weight is 228 g/mol. The van der Waals surface area contributed by atoms with Gasteiger partial charge in [-0.25, -0.2) is 4.39 Å². The number of hydrogen-bond acceptors (Lipinski definition) is 2. The molecule has 15 heavy (non-hydrogen) atoms. The molecule has 0 saturated carbocycles. The first-order chi connectivity index (χ1) is 7.13. The van der Waals surface area contributed by atoms with Crippen LogP contribution >= 0.6 is 12.2 Å². The van der Waals surface area contributed by atoms with Crippen LogP contribution in [-0.2, 0) is 4.74 Å². The van der Waals surface area contributed by atoms with E-state index in [4.69, 9.17) is 22.7 Å². The Labute approximate surface area is 93.4 Å². The van der Waals surface area contributed by atoms with Crippen molar-refractivity contribution in [2.75, 3.05) is 13.7 Å². The van der Waals surface area contributed by atoms with Crippen LogP contribution in [0.2, 0.25) is 0 Å². The second-order valence-electron chi connectivity index (χ2n) is 3.07. The summed E-state index contributed by atoms with van der Waals surface area (Å²) in [5, 5.41) is 3.07. The van der Waals surface area contributed by atoms with Crippen molar-refractivity contribution in [2.24, 2.45) is 5.73 Å². The largest absolute Gasteiger partial charge is 0.382 e. The van der Waals surface area contributed by atoms with E-state index in [9.17, 15) is 4.39 Å². The van der Waals surface area contributed by atoms with Crippen LogP contribution in [0, 0.1) is 5.82 Å². The quantitative estimate of drug-likeness (QED) is 0.764. The molecule has 1 aromatic carbocycles. The molecule has 1 aromatic rings. The number of thiocarbonyl (C=S) groups is 1. The maximum absolute atomic E-state index is 12.7. The Bertz CT molecular complexity index is 329. The average Bonchev–Trinajstić information content (AvgIpc) is 2.17. The van der Waals surface area contributed by atoms with Gasteiger partial charge < -0.3 is 15.8 Å².